The predicted octanol–water partition coefficient (Wildman–Crippen LogP) is 0.755. The molecule has 0 unspecified atom stereocenters. The number of amides is 1. The minimum Gasteiger partial charge on any atom is -0.362 e. The van der Waals surface area contributed by atoms with Crippen LogP contribution in [0, 0.1) is 16.0 Å². The van der Waals surface area contributed by atoms with Gasteiger partial charge in [0.15, 0.2) is 0 Å². The van der Waals surface area contributed by atoms with Crippen LogP contribution in [0.1, 0.15) is 19.8 Å². The molecule has 0 aliphatic heterocycles. The molecule has 1 heterocycles. The summed E-state index contributed by atoms with van der Waals surface area (Å²) in [6.45, 7) is 3.26. The number of nitro groups is 1. The molecule has 1 saturated carbocycles. The zero-order valence-corrected chi connectivity index (χ0v) is 11.8. The highest BCUT2D eigenvalue weighted by Gasteiger charge is 2.29. The second kappa shape index (κ2) is 6.82. The maximum Gasteiger partial charge on any atom is 0.329 e. The topological polar surface area (TPSA) is 122 Å². The van der Waals surface area contributed by atoms with E-state index in [2.05, 4.69) is 25.9 Å². The molecule has 0 aromatic carbocycles. The highest BCUT2D eigenvalue weighted by Crippen LogP contribution is 2.28. The smallest absolute Gasteiger partial charge is 0.329 e. The van der Waals surface area contributed by atoms with Crippen LogP contribution >= 0.6 is 0 Å². The molecular formula is C12H18N6O3. The summed E-state index contributed by atoms with van der Waals surface area (Å²) in [7, 11) is 0. The molecule has 0 radical (unpaired) electrons. The summed E-state index contributed by atoms with van der Waals surface area (Å²) in [5.41, 5.74) is -0.190. The number of hydrogen-bond donors (Lipinski definition) is 3. The summed E-state index contributed by atoms with van der Waals surface area (Å²) >= 11 is 0. The fourth-order valence-electron chi connectivity index (χ4n) is 1.74. The van der Waals surface area contributed by atoms with Gasteiger partial charge in [-0.05, 0) is 19.8 Å². The van der Waals surface area contributed by atoms with Crippen LogP contribution in [0.5, 0.6) is 0 Å². The molecule has 0 bridgehead atoms. The molecule has 3 N–H and O–H groups in total. The molecule has 114 valence electrons. The van der Waals surface area contributed by atoms with E-state index in [1.165, 1.54) is 0 Å². The number of nitrogens with one attached hydrogen (secondary N) is 3. The number of aromatic nitrogens is 2. The third kappa shape index (κ3) is 4.26. The van der Waals surface area contributed by atoms with Crippen molar-refractivity contribution in [2.24, 2.45) is 5.92 Å². The average molecular weight is 294 g/mol. The van der Waals surface area contributed by atoms with Crippen LogP contribution in [0.4, 0.5) is 17.5 Å². The van der Waals surface area contributed by atoms with Gasteiger partial charge in [0.1, 0.15) is 6.20 Å². The standard InChI is InChI=1S/C12H18N6O3/c1-2-13-12-16-7-9(18(20)21)10(17-12)14-5-6-15-11(19)8-3-4-8/h7-8H,2-6H2,1H3,(H,15,19)(H2,13,14,16,17). The van der Waals surface area contributed by atoms with Gasteiger partial charge in [-0.15, -0.1) is 0 Å². The lowest BCUT2D eigenvalue weighted by atomic mass is 10.4. The lowest BCUT2D eigenvalue weighted by Gasteiger charge is -2.09. The first-order valence-electron chi connectivity index (χ1n) is 6.88. The molecule has 0 atom stereocenters. The van der Waals surface area contributed by atoms with Crippen molar-refractivity contribution in [3.05, 3.63) is 16.3 Å². The van der Waals surface area contributed by atoms with Gasteiger partial charge in [0.2, 0.25) is 17.7 Å². The van der Waals surface area contributed by atoms with E-state index < -0.39 is 4.92 Å². The van der Waals surface area contributed by atoms with Crippen molar-refractivity contribution in [1.29, 1.82) is 0 Å². The minimum absolute atomic E-state index is 0.0438. The first kappa shape index (κ1) is 14.9. The van der Waals surface area contributed by atoms with Crippen LogP contribution in [-0.2, 0) is 4.79 Å². The van der Waals surface area contributed by atoms with Gasteiger partial charge in [-0.2, -0.15) is 4.98 Å². The van der Waals surface area contributed by atoms with Gasteiger partial charge in [0.25, 0.3) is 0 Å². The molecule has 21 heavy (non-hydrogen) atoms. The summed E-state index contributed by atoms with van der Waals surface area (Å²) in [5.74, 6) is 0.667. The fourth-order valence-corrected chi connectivity index (χ4v) is 1.74. The van der Waals surface area contributed by atoms with E-state index in [9.17, 15) is 14.9 Å². The van der Waals surface area contributed by atoms with Gasteiger partial charge in [-0.3, -0.25) is 14.9 Å². The van der Waals surface area contributed by atoms with Crippen molar-refractivity contribution in [2.45, 2.75) is 19.8 Å². The Labute approximate surface area is 121 Å². The van der Waals surface area contributed by atoms with Crippen LogP contribution in [0.3, 0.4) is 0 Å². The van der Waals surface area contributed by atoms with Gasteiger partial charge in [-0.1, -0.05) is 0 Å². The number of nitrogens with zero attached hydrogens (tertiary/aromatic N) is 3. The number of carbonyl (C=O) groups excluding carboxylic acids is 1. The molecule has 1 amide bonds. The zero-order valence-electron chi connectivity index (χ0n) is 11.8. The quantitative estimate of drug-likeness (QED) is 0.367. The van der Waals surface area contributed by atoms with Crippen molar-refractivity contribution in [3.8, 4) is 0 Å². The normalized spacial score (nSPS) is 13.6. The van der Waals surface area contributed by atoms with Crippen molar-refractivity contribution >= 4 is 23.4 Å². The summed E-state index contributed by atoms with van der Waals surface area (Å²) in [4.78, 5) is 29.8. The summed E-state index contributed by atoms with van der Waals surface area (Å²) in [6, 6.07) is 0. The van der Waals surface area contributed by atoms with E-state index in [0.29, 0.717) is 25.6 Å². The Balaban J connectivity index is 1.91. The second-order valence-corrected chi connectivity index (χ2v) is 4.71. The molecule has 1 aliphatic rings. The Kier molecular flexibility index (Phi) is 4.85. The molecule has 0 spiro atoms. The molecule has 1 aromatic heterocycles. The Hall–Kier alpha value is -2.45. The number of carbonyl (C=O) groups is 1. The molecule has 9 heteroatoms. The van der Waals surface area contributed by atoms with Crippen molar-refractivity contribution in [2.75, 3.05) is 30.3 Å². The first-order chi connectivity index (χ1) is 10.1. The Morgan fingerprint density at radius 1 is 1.43 bits per heavy atom. The van der Waals surface area contributed by atoms with Crippen LogP contribution in [0.15, 0.2) is 6.20 Å². The second-order valence-electron chi connectivity index (χ2n) is 4.71. The number of rotatable bonds is 8. The van der Waals surface area contributed by atoms with Crippen LogP contribution in [-0.4, -0.2) is 40.4 Å². The van der Waals surface area contributed by atoms with E-state index in [4.69, 9.17) is 0 Å². The highest BCUT2D eigenvalue weighted by molar-refractivity contribution is 5.80. The van der Waals surface area contributed by atoms with Gasteiger partial charge in [-0.25, -0.2) is 4.98 Å². The van der Waals surface area contributed by atoms with E-state index in [1.54, 1.807) is 0 Å². The summed E-state index contributed by atoms with van der Waals surface area (Å²) in [5, 5.41) is 19.4. The predicted molar refractivity (Wildman–Crippen MR) is 77.1 cm³/mol. The summed E-state index contributed by atoms with van der Waals surface area (Å²) < 4.78 is 0. The number of hydrogen-bond acceptors (Lipinski definition) is 7. The van der Waals surface area contributed by atoms with E-state index in [1.807, 2.05) is 6.92 Å². The molecule has 9 nitrogen and oxygen atoms in total. The SMILES string of the molecule is CCNc1ncc([N+](=O)[O-])c(NCCNC(=O)C2CC2)n1. The molecule has 0 saturated heterocycles. The van der Waals surface area contributed by atoms with Gasteiger partial charge in [0, 0.05) is 25.6 Å². The lowest BCUT2D eigenvalue weighted by Crippen LogP contribution is -2.30. The average Bonchev–Trinajstić information content (AvgIpc) is 3.28. The molecule has 1 fully saturated rings. The minimum atomic E-state index is -0.541. The summed E-state index contributed by atoms with van der Waals surface area (Å²) in [6.07, 6.45) is 3.06. The zero-order chi connectivity index (χ0) is 15.2. The molecule has 1 aromatic rings. The first-order valence-corrected chi connectivity index (χ1v) is 6.88. The van der Waals surface area contributed by atoms with Crippen molar-refractivity contribution in [1.82, 2.24) is 15.3 Å². The third-order valence-electron chi connectivity index (χ3n) is 2.97. The van der Waals surface area contributed by atoms with Crippen LogP contribution in [0.2, 0.25) is 0 Å². The van der Waals surface area contributed by atoms with E-state index >= 15 is 0 Å². The van der Waals surface area contributed by atoms with Gasteiger partial charge >= 0.3 is 5.69 Å². The molecule has 2 rings (SSSR count). The van der Waals surface area contributed by atoms with Gasteiger partial charge < -0.3 is 16.0 Å². The molecular weight excluding hydrogens is 276 g/mol. The van der Waals surface area contributed by atoms with Crippen LogP contribution in [0.25, 0.3) is 0 Å². The van der Waals surface area contributed by atoms with Crippen molar-refractivity contribution < 1.29 is 9.72 Å². The van der Waals surface area contributed by atoms with E-state index in [-0.39, 0.29) is 23.3 Å². The van der Waals surface area contributed by atoms with Gasteiger partial charge in [0.05, 0.1) is 4.92 Å². The lowest BCUT2D eigenvalue weighted by molar-refractivity contribution is -0.384. The van der Waals surface area contributed by atoms with E-state index in [0.717, 1.165) is 19.0 Å². The van der Waals surface area contributed by atoms with Crippen LogP contribution < -0.4 is 16.0 Å². The third-order valence-corrected chi connectivity index (χ3v) is 2.97. The van der Waals surface area contributed by atoms with Crippen molar-refractivity contribution in [3.63, 3.8) is 0 Å². The Morgan fingerprint density at radius 2 is 2.19 bits per heavy atom. The Morgan fingerprint density at radius 3 is 2.81 bits per heavy atom. The monoisotopic (exact) mass is 294 g/mol. The molecule has 1 aliphatic carbocycles. The largest absolute Gasteiger partial charge is 0.362 e. The Bertz CT molecular complexity index is 532. The maximum absolute atomic E-state index is 11.4. The maximum atomic E-state index is 11.4. The number of anilines is 2. The fraction of sp³-hybridized carbons (Fsp3) is 0.583. The highest BCUT2D eigenvalue weighted by atomic mass is 16.6.